The molecule has 4 heteroatoms. The molecule has 0 aromatic heterocycles. The zero-order chi connectivity index (χ0) is 15.2. The van der Waals surface area contributed by atoms with Crippen molar-refractivity contribution in [1.82, 2.24) is 5.32 Å². The maximum Gasteiger partial charge on any atom is 0.307 e. The van der Waals surface area contributed by atoms with Crippen LogP contribution in [0.3, 0.4) is 0 Å². The van der Waals surface area contributed by atoms with Gasteiger partial charge in [0, 0.05) is 18.2 Å². The van der Waals surface area contributed by atoms with Crippen molar-refractivity contribution in [3.63, 3.8) is 0 Å². The second-order valence-corrected chi connectivity index (χ2v) is 4.96. The fourth-order valence-electron chi connectivity index (χ4n) is 2.26. The van der Waals surface area contributed by atoms with Crippen LogP contribution in [-0.4, -0.2) is 11.1 Å². The van der Waals surface area contributed by atoms with Gasteiger partial charge >= 0.3 is 5.97 Å². The highest BCUT2D eigenvalue weighted by atomic mass is 19.1. The number of halogens is 1. The summed E-state index contributed by atoms with van der Waals surface area (Å²) in [7, 11) is 0. The van der Waals surface area contributed by atoms with Crippen LogP contribution in [0.5, 0.6) is 0 Å². The normalized spacial score (nSPS) is 12.1. The van der Waals surface area contributed by atoms with Gasteiger partial charge in [0.05, 0.1) is 6.42 Å². The summed E-state index contributed by atoms with van der Waals surface area (Å²) in [4.78, 5) is 10.9. The molecule has 0 radical (unpaired) electrons. The van der Waals surface area contributed by atoms with Gasteiger partial charge in [-0.3, -0.25) is 4.79 Å². The predicted molar refractivity (Wildman–Crippen MR) is 79.4 cm³/mol. The lowest BCUT2D eigenvalue weighted by atomic mass is 10.0. The van der Waals surface area contributed by atoms with E-state index < -0.39 is 5.97 Å². The van der Waals surface area contributed by atoms with E-state index in [1.165, 1.54) is 6.07 Å². The Labute approximate surface area is 123 Å². The molecule has 21 heavy (non-hydrogen) atoms. The first-order valence-corrected chi connectivity index (χ1v) is 6.84. The van der Waals surface area contributed by atoms with Gasteiger partial charge < -0.3 is 10.4 Å². The average molecular weight is 287 g/mol. The summed E-state index contributed by atoms with van der Waals surface area (Å²) in [6, 6.07) is 13.9. The Morgan fingerprint density at radius 3 is 2.43 bits per heavy atom. The molecule has 0 bridgehead atoms. The summed E-state index contributed by atoms with van der Waals surface area (Å²) in [5, 5.41) is 12.1. The van der Waals surface area contributed by atoms with Gasteiger partial charge in [0.15, 0.2) is 0 Å². The van der Waals surface area contributed by atoms with E-state index in [0.29, 0.717) is 12.1 Å². The number of nitrogens with one attached hydrogen (secondary N) is 1. The Kier molecular flexibility index (Phi) is 5.06. The van der Waals surface area contributed by atoms with Crippen LogP contribution in [0.2, 0.25) is 0 Å². The van der Waals surface area contributed by atoms with E-state index in [2.05, 4.69) is 5.32 Å². The van der Waals surface area contributed by atoms with Crippen molar-refractivity contribution in [1.29, 1.82) is 0 Å². The summed E-state index contributed by atoms with van der Waals surface area (Å²) in [5.41, 5.74) is 2.30. The van der Waals surface area contributed by atoms with E-state index in [9.17, 15) is 9.18 Å². The average Bonchev–Trinajstić information content (AvgIpc) is 2.46. The monoisotopic (exact) mass is 287 g/mol. The molecule has 2 aromatic rings. The lowest BCUT2D eigenvalue weighted by molar-refractivity contribution is -0.136. The largest absolute Gasteiger partial charge is 0.481 e. The number of benzene rings is 2. The molecular weight excluding hydrogens is 269 g/mol. The molecule has 2 aromatic carbocycles. The number of rotatable bonds is 6. The van der Waals surface area contributed by atoms with Crippen LogP contribution < -0.4 is 5.32 Å². The van der Waals surface area contributed by atoms with Crippen LogP contribution in [-0.2, 0) is 17.8 Å². The molecule has 2 rings (SSSR count). The molecule has 0 aliphatic carbocycles. The Morgan fingerprint density at radius 1 is 1.14 bits per heavy atom. The number of hydrogen-bond donors (Lipinski definition) is 2. The van der Waals surface area contributed by atoms with E-state index in [0.717, 1.165) is 11.1 Å². The lowest BCUT2D eigenvalue weighted by Crippen LogP contribution is -2.20. The van der Waals surface area contributed by atoms with Crippen molar-refractivity contribution in [2.24, 2.45) is 0 Å². The SMILES string of the molecule is CC(NCc1ccccc1CC(=O)O)c1ccccc1F. The summed E-state index contributed by atoms with van der Waals surface area (Å²) < 4.78 is 13.7. The predicted octanol–water partition coefficient (Wildman–Crippen LogP) is 3.30. The highest BCUT2D eigenvalue weighted by molar-refractivity contribution is 5.70. The molecule has 0 spiro atoms. The second-order valence-electron chi connectivity index (χ2n) is 4.96. The van der Waals surface area contributed by atoms with Crippen molar-refractivity contribution in [2.45, 2.75) is 25.9 Å². The van der Waals surface area contributed by atoms with Gasteiger partial charge in [-0.2, -0.15) is 0 Å². The van der Waals surface area contributed by atoms with Gasteiger partial charge in [0.25, 0.3) is 0 Å². The topological polar surface area (TPSA) is 49.3 Å². The maximum atomic E-state index is 13.7. The first-order valence-electron chi connectivity index (χ1n) is 6.84. The quantitative estimate of drug-likeness (QED) is 0.857. The number of carboxylic acid groups (broad SMARTS) is 1. The fourth-order valence-corrected chi connectivity index (χ4v) is 2.26. The minimum Gasteiger partial charge on any atom is -0.481 e. The molecule has 0 saturated heterocycles. The molecule has 0 fully saturated rings. The van der Waals surface area contributed by atoms with Crippen molar-refractivity contribution in [2.75, 3.05) is 0 Å². The molecule has 0 amide bonds. The molecule has 2 N–H and O–H groups in total. The van der Waals surface area contributed by atoms with Gasteiger partial charge in [-0.05, 0) is 24.1 Å². The van der Waals surface area contributed by atoms with Gasteiger partial charge in [0.2, 0.25) is 0 Å². The number of aliphatic carboxylic acids is 1. The zero-order valence-corrected chi connectivity index (χ0v) is 11.8. The molecule has 110 valence electrons. The molecule has 1 unspecified atom stereocenters. The van der Waals surface area contributed by atoms with Crippen molar-refractivity contribution < 1.29 is 14.3 Å². The third-order valence-electron chi connectivity index (χ3n) is 3.43. The standard InChI is InChI=1S/C17H18FNO2/c1-12(15-8-4-5-9-16(15)18)19-11-14-7-3-2-6-13(14)10-17(20)21/h2-9,12,19H,10-11H2,1H3,(H,20,21). The van der Waals surface area contributed by atoms with E-state index in [-0.39, 0.29) is 18.3 Å². The number of hydrogen-bond acceptors (Lipinski definition) is 2. The fraction of sp³-hybridized carbons (Fsp3) is 0.235. The Hall–Kier alpha value is -2.20. The van der Waals surface area contributed by atoms with E-state index in [1.807, 2.05) is 25.1 Å². The van der Waals surface area contributed by atoms with Crippen LogP contribution in [0.1, 0.15) is 29.7 Å². The van der Waals surface area contributed by atoms with Gasteiger partial charge in [0.1, 0.15) is 5.82 Å². The van der Waals surface area contributed by atoms with Crippen LogP contribution >= 0.6 is 0 Å². The first kappa shape index (κ1) is 15.2. The van der Waals surface area contributed by atoms with Crippen LogP contribution in [0.15, 0.2) is 48.5 Å². The van der Waals surface area contributed by atoms with Crippen LogP contribution in [0.4, 0.5) is 4.39 Å². The maximum absolute atomic E-state index is 13.7. The van der Waals surface area contributed by atoms with Crippen LogP contribution in [0, 0.1) is 5.82 Å². The lowest BCUT2D eigenvalue weighted by Gasteiger charge is -2.16. The zero-order valence-electron chi connectivity index (χ0n) is 11.8. The molecule has 1 atom stereocenters. The summed E-state index contributed by atoms with van der Waals surface area (Å²) in [6.07, 6.45) is -0.00800. The van der Waals surface area contributed by atoms with Gasteiger partial charge in [-0.25, -0.2) is 4.39 Å². The summed E-state index contributed by atoms with van der Waals surface area (Å²) in [6.45, 7) is 2.39. The smallest absolute Gasteiger partial charge is 0.307 e. The van der Waals surface area contributed by atoms with Gasteiger partial charge in [-0.1, -0.05) is 42.5 Å². The minimum atomic E-state index is -0.857. The second kappa shape index (κ2) is 6.99. The molecule has 0 aliphatic heterocycles. The highest BCUT2D eigenvalue weighted by Crippen LogP contribution is 2.17. The van der Waals surface area contributed by atoms with Gasteiger partial charge in [-0.15, -0.1) is 0 Å². The summed E-state index contributed by atoms with van der Waals surface area (Å²) in [5.74, 6) is -1.10. The first-order chi connectivity index (χ1) is 10.1. The Bertz CT molecular complexity index is 628. The van der Waals surface area contributed by atoms with Crippen LogP contribution in [0.25, 0.3) is 0 Å². The van der Waals surface area contributed by atoms with E-state index >= 15 is 0 Å². The molecule has 3 nitrogen and oxygen atoms in total. The Balaban J connectivity index is 2.06. The number of carbonyl (C=O) groups is 1. The van der Waals surface area contributed by atoms with Crippen molar-refractivity contribution >= 4 is 5.97 Å². The summed E-state index contributed by atoms with van der Waals surface area (Å²) >= 11 is 0. The van der Waals surface area contributed by atoms with E-state index in [4.69, 9.17) is 5.11 Å². The number of carboxylic acids is 1. The highest BCUT2D eigenvalue weighted by Gasteiger charge is 2.11. The molecular formula is C17H18FNO2. The Morgan fingerprint density at radius 2 is 1.76 bits per heavy atom. The third kappa shape index (κ3) is 4.13. The van der Waals surface area contributed by atoms with Crippen molar-refractivity contribution in [3.05, 3.63) is 71.0 Å². The third-order valence-corrected chi connectivity index (χ3v) is 3.43. The molecule has 0 aliphatic rings. The van der Waals surface area contributed by atoms with E-state index in [1.54, 1.807) is 24.3 Å². The molecule has 0 heterocycles. The minimum absolute atomic E-state index is 0.00800. The molecule has 0 saturated carbocycles. The van der Waals surface area contributed by atoms with Crippen molar-refractivity contribution in [3.8, 4) is 0 Å².